The van der Waals surface area contributed by atoms with Crippen molar-refractivity contribution >= 4 is 29.9 Å². The summed E-state index contributed by atoms with van der Waals surface area (Å²) in [5.41, 5.74) is 1.05. The van der Waals surface area contributed by atoms with Gasteiger partial charge in [-0.05, 0) is 31.4 Å². The minimum atomic E-state index is 0. The molecule has 1 aromatic carbocycles. The molecule has 7 heteroatoms. The van der Waals surface area contributed by atoms with Crippen LogP contribution in [0.5, 0.6) is 11.5 Å². The van der Waals surface area contributed by atoms with Crippen LogP contribution in [0.3, 0.4) is 0 Å². The van der Waals surface area contributed by atoms with Crippen molar-refractivity contribution in [1.29, 1.82) is 0 Å². The van der Waals surface area contributed by atoms with E-state index in [0.717, 1.165) is 42.6 Å². The third kappa shape index (κ3) is 7.57. The van der Waals surface area contributed by atoms with Gasteiger partial charge in [0, 0.05) is 38.4 Å². The number of ether oxygens (including phenoxy) is 3. The Balaban J connectivity index is 0.00000338. The summed E-state index contributed by atoms with van der Waals surface area (Å²) in [5.74, 6) is 2.36. The highest BCUT2D eigenvalue weighted by Gasteiger charge is 2.14. The summed E-state index contributed by atoms with van der Waals surface area (Å²) in [6, 6.07) is 5.80. The molecule has 0 aliphatic heterocycles. The van der Waals surface area contributed by atoms with Crippen molar-refractivity contribution in [2.45, 2.75) is 44.8 Å². The van der Waals surface area contributed by atoms with Crippen molar-refractivity contribution < 1.29 is 14.2 Å². The van der Waals surface area contributed by atoms with Crippen LogP contribution in [0.15, 0.2) is 23.2 Å². The molecule has 6 nitrogen and oxygen atoms in total. The maximum absolute atomic E-state index is 5.87. The number of hydrogen-bond acceptors (Lipinski definition) is 4. The lowest BCUT2D eigenvalue weighted by molar-refractivity contribution is 0.0574. The van der Waals surface area contributed by atoms with Gasteiger partial charge in [0.15, 0.2) is 5.96 Å². The number of hydrogen-bond donors (Lipinski definition) is 2. The van der Waals surface area contributed by atoms with E-state index < -0.39 is 0 Å². The normalized spacial score (nSPS) is 14.7. The van der Waals surface area contributed by atoms with Crippen LogP contribution in [0.2, 0.25) is 0 Å². The fourth-order valence-electron chi connectivity index (χ4n) is 2.98. The minimum Gasteiger partial charge on any atom is -0.497 e. The van der Waals surface area contributed by atoms with E-state index in [4.69, 9.17) is 14.2 Å². The number of nitrogens with zero attached hydrogens (tertiary/aromatic N) is 1. The Morgan fingerprint density at radius 3 is 2.58 bits per heavy atom. The van der Waals surface area contributed by atoms with E-state index in [1.54, 1.807) is 21.3 Å². The lowest BCUT2D eigenvalue weighted by Crippen LogP contribution is -2.37. The van der Waals surface area contributed by atoms with Crippen molar-refractivity contribution in [3.05, 3.63) is 23.8 Å². The summed E-state index contributed by atoms with van der Waals surface area (Å²) < 4.78 is 16.5. The summed E-state index contributed by atoms with van der Waals surface area (Å²) in [6.45, 7) is 2.28. The average molecular weight is 477 g/mol. The number of methoxy groups -OCH3 is 2. The molecule has 0 radical (unpaired) electrons. The van der Waals surface area contributed by atoms with Gasteiger partial charge in [0.05, 0.1) is 20.3 Å². The standard InChI is InChI=1S/C19H31N3O3.HI/c1-20-19(21-11-6-12-25-16-7-4-5-8-16)22-14-15-9-10-17(23-2)13-18(15)24-3;/h9-10,13,16H,4-8,11-12,14H2,1-3H3,(H2,20,21,22);1H. The van der Waals surface area contributed by atoms with Gasteiger partial charge in [-0.1, -0.05) is 12.8 Å². The molecule has 2 rings (SSSR count). The zero-order valence-electron chi connectivity index (χ0n) is 16.0. The van der Waals surface area contributed by atoms with E-state index in [0.29, 0.717) is 12.6 Å². The molecule has 0 unspecified atom stereocenters. The largest absolute Gasteiger partial charge is 0.497 e. The molecule has 1 saturated carbocycles. The van der Waals surface area contributed by atoms with Gasteiger partial charge in [0.2, 0.25) is 0 Å². The molecule has 0 bridgehead atoms. The SMILES string of the molecule is CN=C(NCCCOC1CCCC1)NCc1ccc(OC)cc1OC.I. The number of benzene rings is 1. The molecular weight excluding hydrogens is 445 g/mol. The highest BCUT2D eigenvalue weighted by Crippen LogP contribution is 2.24. The first-order valence-corrected chi connectivity index (χ1v) is 9.04. The fraction of sp³-hybridized carbons (Fsp3) is 0.632. The first-order valence-electron chi connectivity index (χ1n) is 9.04. The predicted molar refractivity (Wildman–Crippen MR) is 116 cm³/mol. The molecule has 1 aliphatic carbocycles. The van der Waals surface area contributed by atoms with Gasteiger partial charge in [-0.25, -0.2) is 0 Å². The highest BCUT2D eigenvalue weighted by molar-refractivity contribution is 14.0. The second kappa shape index (κ2) is 13.0. The van der Waals surface area contributed by atoms with Crippen molar-refractivity contribution in [2.75, 3.05) is 34.4 Å². The van der Waals surface area contributed by atoms with Crippen molar-refractivity contribution in [2.24, 2.45) is 4.99 Å². The molecule has 1 aromatic rings. The Hall–Kier alpha value is -1.22. The fourth-order valence-corrected chi connectivity index (χ4v) is 2.98. The maximum atomic E-state index is 5.87. The van der Waals surface area contributed by atoms with Crippen LogP contribution < -0.4 is 20.1 Å². The summed E-state index contributed by atoms with van der Waals surface area (Å²) in [7, 11) is 5.08. The molecule has 0 atom stereocenters. The first-order chi connectivity index (χ1) is 12.3. The third-order valence-corrected chi connectivity index (χ3v) is 4.43. The monoisotopic (exact) mass is 477 g/mol. The van der Waals surface area contributed by atoms with Crippen LogP contribution in [0.1, 0.15) is 37.7 Å². The summed E-state index contributed by atoms with van der Waals surface area (Å²) in [5, 5.41) is 6.63. The number of guanidine groups is 1. The Labute approximate surface area is 174 Å². The minimum absolute atomic E-state index is 0. The summed E-state index contributed by atoms with van der Waals surface area (Å²) >= 11 is 0. The lowest BCUT2D eigenvalue weighted by Gasteiger charge is -2.15. The second-order valence-corrected chi connectivity index (χ2v) is 6.16. The van der Waals surface area contributed by atoms with Gasteiger partial charge >= 0.3 is 0 Å². The van der Waals surface area contributed by atoms with E-state index in [-0.39, 0.29) is 24.0 Å². The van der Waals surface area contributed by atoms with Gasteiger partial charge < -0.3 is 24.8 Å². The maximum Gasteiger partial charge on any atom is 0.191 e. The quantitative estimate of drug-likeness (QED) is 0.247. The molecular formula is C19H32IN3O3. The molecule has 1 fully saturated rings. The zero-order chi connectivity index (χ0) is 17.9. The van der Waals surface area contributed by atoms with Crippen molar-refractivity contribution in [1.82, 2.24) is 10.6 Å². The first kappa shape index (κ1) is 22.8. The van der Waals surface area contributed by atoms with E-state index in [9.17, 15) is 0 Å². The van der Waals surface area contributed by atoms with E-state index in [2.05, 4.69) is 15.6 Å². The average Bonchev–Trinajstić information content (AvgIpc) is 3.17. The Kier molecular flexibility index (Phi) is 11.4. The Morgan fingerprint density at radius 2 is 1.92 bits per heavy atom. The number of nitrogens with one attached hydrogen (secondary N) is 2. The van der Waals surface area contributed by atoms with Crippen LogP contribution in [0.25, 0.3) is 0 Å². The van der Waals surface area contributed by atoms with Gasteiger partial charge in [-0.2, -0.15) is 0 Å². The van der Waals surface area contributed by atoms with E-state index in [1.807, 2.05) is 18.2 Å². The molecule has 0 aromatic heterocycles. The molecule has 0 spiro atoms. The van der Waals surface area contributed by atoms with Gasteiger partial charge in [0.25, 0.3) is 0 Å². The predicted octanol–water partition coefficient (Wildman–Crippen LogP) is 3.34. The Morgan fingerprint density at radius 1 is 1.15 bits per heavy atom. The number of aliphatic imine (C=N–C) groups is 1. The molecule has 1 aliphatic rings. The number of halogens is 1. The summed E-state index contributed by atoms with van der Waals surface area (Å²) in [4.78, 5) is 4.26. The zero-order valence-corrected chi connectivity index (χ0v) is 18.4. The van der Waals surface area contributed by atoms with Crippen LogP contribution in [0, 0.1) is 0 Å². The van der Waals surface area contributed by atoms with E-state index in [1.165, 1.54) is 25.7 Å². The van der Waals surface area contributed by atoms with Crippen LogP contribution >= 0.6 is 24.0 Å². The molecule has 0 amide bonds. The lowest BCUT2D eigenvalue weighted by atomic mass is 10.2. The van der Waals surface area contributed by atoms with Gasteiger partial charge in [0.1, 0.15) is 11.5 Å². The third-order valence-electron chi connectivity index (χ3n) is 4.43. The Bertz CT molecular complexity index is 549. The van der Waals surface area contributed by atoms with Crippen LogP contribution in [-0.4, -0.2) is 46.5 Å². The molecule has 0 heterocycles. The molecule has 148 valence electrons. The van der Waals surface area contributed by atoms with Gasteiger partial charge in [-0.15, -0.1) is 24.0 Å². The highest BCUT2D eigenvalue weighted by atomic mass is 127. The number of rotatable bonds is 9. The summed E-state index contributed by atoms with van der Waals surface area (Å²) in [6.07, 6.45) is 6.53. The van der Waals surface area contributed by atoms with Crippen LogP contribution in [-0.2, 0) is 11.3 Å². The second-order valence-electron chi connectivity index (χ2n) is 6.16. The molecule has 2 N–H and O–H groups in total. The van der Waals surface area contributed by atoms with Crippen molar-refractivity contribution in [3.8, 4) is 11.5 Å². The van der Waals surface area contributed by atoms with Crippen LogP contribution in [0.4, 0.5) is 0 Å². The topological polar surface area (TPSA) is 64.1 Å². The molecule has 26 heavy (non-hydrogen) atoms. The van der Waals surface area contributed by atoms with Crippen molar-refractivity contribution in [3.63, 3.8) is 0 Å². The molecule has 0 saturated heterocycles. The van der Waals surface area contributed by atoms with E-state index >= 15 is 0 Å². The smallest absolute Gasteiger partial charge is 0.191 e. The van der Waals surface area contributed by atoms with Gasteiger partial charge in [-0.3, -0.25) is 4.99 Å².